The average molecular weight is 1010 g/mol. The molecule has 0 spiro atoms. The molecule has 0 bridgehead atoms. The summed E-state index contributed by atoms with van der Waals surface area (Å²) in [5.41, 5.74) is 0.497. The highest BCUT2D eigenvalue weighted by atomic mass is 32.2. The Morgan fingerprint density at radius 2 is 0.775 bits per heavy atom. The van der Waals surface area contributed by atoms with Gasteiger partial charge in [-0.05, 0) is 61.8 Å². The molecule has 0 saturated heterocycles. The van der Waals surface area contributed by atoms with Crippen molar-refractivity contribution in [2.24, 2.45) is 16.9 Å². The Kier molecular flexibility index (Phi) is 40.0. The molecule has 2 aromatic rings. The molecule has 9 nitrogen and oxygen atoms in total. The molecule has 10 heteroatoms. The Morgan fingerprint density at radius 3 is 1.07 bits per heavy atom. The number of benzene rings is 2. The van der Waals surface area contributed by atoms with Crippen LogP contribution in [-0.2, 0) is 10.0 Å². The number of nitro benzene ring substituents is 1. The second-order valence-corrected chi connectivity index (χ2v) is 22.8. The third kappa shape index (κ3) is 34.8. The van der Waals surface area contributed by atoms with Gasteiger partial charge in [0.15, 0.2) is 0 Å². The first-order valence-electron chi connectivity index (χ1n) is 29.9. The van der Waals surface area contributed by atoms with Crippen molar-refractivity contribution in [1.82, 2.24) is 4.83 Å². The molecule has 0 saturated carbocycles. The number of hydrogen-bond donors (Lipinski definition) is 1. The summed E-state index contributed by atoms with van der Waals surface area (Å²) in [6.45, 7) is 10.4. The van der Waals surface area contributed by atoms with Crippen LogP contribution in [0.25, 0.3) is 0 Å². The van der Waals surface area contributed by atoms with Gasteiger partial charge in [0, 0.05) is 23.8 Å². The van der Waals surface area contributed by atoms with Crippen LogP contribution in [0, 0.1) is 22.0 Å². The number of sulfonamides is 1. The first-order valence-corrected chi connectivity index (χ1v) is 31.4. The quantitative estimate of drug-likeness (QED) is 0.0305. The Labute approximate surface area is 436 Å². The number of nitrogens with one attached hydrogen (secondary N) is 1. The minimum atomic E-state index is -4.05. The van der Waals surface area contributed by atoms with E-state index in [1.54, 1.807) is 0 Å². The molecule has 0 amide bonds. The molecule has 2 unspecified atom stereocenters. The summed E-state index contributed by atoms with van der Waals surface area (Å²) in [7, 11) is -4.05. The van der Waals surface area contributed by atoms with Gasteiger partial charge in [0.1, 0.15) is 11.5 Å². The van der Waals surface area contributed by atoms with Gasteiger partial charge >= 0.3 is 0 Å². The summed E-state index contributed by atoms with van der Waals surface area (Å²) < 4.78 is 39.7. The number of non-ortho nitro benzene ring substituents is 1. The van der Waals surface area contributed by atoms with Crippen LogP contribution >= 0.6 is 0 Å². The van der Waals surface area contributed by atoms with Gasteiger partial charge in [0.05, 0.1) is 29.2 Å². The van der Waals surface area contributed by atoms with Crippen LogP contribution < -0.4 is 14.3 Å². The topological polar surface area (TPSA) is 120 Å². The van der Waals surface area contributed by atoms with E-state index in [4.69, 9.17) is 9.47 Å². The molecule has 0 aliphatic carbocycles. The monoisotopic (exact) mass is 1010 g/mol. The van der Waals surface area contributed by atoms with Crippen LogP contribution in [0.5, 0.6) is 11.5 Å². The van der Waals surface area contributed by atoms with Gasteiger partial charge < -0.3 is 9.47 Å². The molecule has 1 N–H and O–H groups in total. The summed E-state index contributed by atoms with van der Waals surface area (Å²) in [6.07, 6.45) is 53.7. The maximum atomic E-state index is 13.1. The van der Waals surface area contributed by atoms with Crippen molar-refractivity contribution in [3.05, 3.63) is 58.1 Å². The van der Waals surface area contributed by atoms with Gasteiger partial charge in [-0.2, -0.15) is 13.5 Å². The molecule has 0 aromatic heterocycles. The van der Waals surface area contributed by atoms with Crippen LogP contribution in [0.1, 0.15) is 290 Å². The highest BCUT2D eigenvalue weighted by Gasteiger charge is 2.17. The summed E-state index contributed by atoms with van der Waals surface area (Å²) in [4.78, 5) is 12.8. The van der Waals surface area contributed by atoms with Gasteiger partial charge in [-0.1, -0.05) is 259 Å². The first kappa shape index (κ1) is 64.0. The van der Waals surface area contributed by atoms with Crippen LogP contribution in [0.4, 0.5) is 5.69 Å². The molecule has 0 aliphatic rings. The molecular weight excluding hydrogens is 903 g/mol. The fourth-order valence-corrected chi connectivity index (χ4v) is 10.6. The van der Waals surface area contributed by atoms with E-state index in [-0.39, 0.29) is 10.6 Å². The van der Waals surface area contributed by atoms with Crippen molar-refractivity contribution in [3.8, 4) is 11.5 Å². The highest BCUT2D eigenvalue weighted by molar-refractivity contribution is 7.89. The smallest absolute Gasteiger partial charge is 0.276 e. The fraction of sp³-hybridized carbons (Fsp3) is 0.787. The number of nitrogens with zero attached hydrogens (tertiary/aromatic N) is 2. The molecule has 2 atom stereocenters. The van der Waals surface area contributed by atoms with Crippen molar-refractivity contribution < 1.29 is 22.8 Å². The normalized spacial score (nSPS) is 12.7. The van der Waals surface area contributed by atoms with Crippen LogP contribution in [-0.4, -0.2) is 32.8 Å². The van der Waals surface area contributed by atoms with Crippen molar-refractivity contribution in [2.45, 2.75) is 289 Å². The molecule has 0 aliphatic heterocycles. The largest absolute Gasteiger partial charge is 0.493 e. The lowest BCUT2D eigenvalue weighted by Crippen LogP contribution is -2.18. The third-order valence-corrected chi connectivity index (χ3v) is 15.7. The molecule has 0 fully saturated rings. The van der Waals surface area contributed by atoms with Gasteiger partial charge in [0.25, 0.3) is 15.7 Å². The number of nitro groups is 1. The fourth-order valence-electron chi connectivity index (χ4n) is 9.83. The predicted octanol–water partition coefficient (Wildman–Crippen LogP) is 19.6. The number of hydrazone groups is 1. The van der Waals surface area contributed by atoms with Crippen molar-refractivity contribution in [3.63, 3.8) is 0 Å². The van der Waals surface area contributed by atoms with E-state index >= 15 is 0 Å². The third-order valence-electron chi connectivity index (χ3n) is 14.5. The zero-order valence-electron chi connectivity index (χ0n) is 46.2. The Balaban J connectivity index is 2.22. The van der Waals surface area contributed by atoms with Gasteiger partial charge in [-0.3, -0.25) is 10.1 Å². The van der Waals surface area contributed by atoms with Crippen molar-refractivity contribution >= 4 is 21.9 Å². The SMILES string of the molecule is CCCCCCCCCCCCC(CCCCCCCCCC)COc1cc(/C=N/NS(=O)(=O)c2ccc([N+](=O)[O-])cc2)cc(OCC(CCCCCCCCCC)CCCCCCCCCCCC)c1. The first-order chi connectivity index (χ1) is 34.7. The van der Waals surface area contributed by atoms with Gasteiger partial charge in [-0.15, -0.1) is 0 Å². The Hall–Kier alpha value is -3.14. The Morgan fingerprint density at radius 1 is 0.479 bits per heavy atom. The van der Waals surface area contributed by atoms with Crippen molar-refractivity contribution in [2.75, 3.05) is 13.2 Å². The minimum Gasteiger partial charge on any atom is -0.493 e. The lowest BCUT2D eigenvalue weighted by Gasteiger charge is -2.20. The standard InChI is InChI=1S/C61H107N3O6S/c1-5-9-13-17-21-25-27-31-35-39-43-55(41-37-33-29-23-19-15-11-7-3)53-69-59-49-57(52-62-63-71(67,68)61-47-45-58(46-48-61)64(65)66)50-60(51-59)70-54-56(42-38-34-30-24-20-16-12-8-4)44-40-36-32-28-26-22-18-14-10-6-2/h45-52,55-56,63H,5-44,53-54H2,1-4H3/b62-52+. The van der Waals surface area contributed by atoms with E-state index in [9.17, 15) is 18.5 Å². The summed E-state index contributed by atoms with van der Waals surface area (Å²) in [6, 6.07) is 10.7. The minimum absolute atomic E-state index is 0.101. The number of unbranched alkanes of at least 4 members (excludes halogenated alkanes) is 32. The molecule has 2 aromatic carbocycles. The van der Waals surface area contributed by atoms with E-state index in [1.165, 1.54) is 287 Å². The number of rotatable bonds is 51. The highest BCUT2D eigenvalue weighted by Crippen LogP contribution is 2.28. The molecule has 0 radical (unpaired) electrons. The van der Waals surface area contributed by atoms with Crippen molar-refractivity contribution in [1.29, 1.82) is 0 Å². The number of ether oxygens (including phenoxy) is 2. The van der Waals surface area contributed by atoms with Crippen LogP contribution in [0.15, 0.2) is 52.5 Å². The molecule has 71 heavy (non-hydrogen) atoms. The average Bonchev–Trinajstić information content (AvgIpc) is 3.36. The van der Waals surface area contributed by atoms with Gasteiger partial charge in [-0.25, -0.2) is 4.83 Å². The second kappa shape index (κ2) is 44.4. The van der Waals surface area contributed by atoms with E-state index in [0.717, 1.165) is 0 Å². The molecular formula is C61H107N3O6S. The molecule has 2 rings (SSSR count). The lowest BCUT2D eigenvalue weighted by atomic mass is 9.94. The Bertz CT molecular complexity index is 1620. The maximum absolute atomic E-state index is 13.1. The molecule has 408 valence electrons. The maximum Gasteiger partial charge on any atom is 0.276 e. The zero-order chi connectivity index (χ0) is 51.3. The predicted molar refractivity (Wildman–Crippen MR) is 303 cm³/mol. The second-order valence-electron chi connectivity index (χ2n) is 21.2. The summed E-state index contributed by atoms with van der Waals surface area (Å²) >= 11 is 0. The van der Waals surface area contributed by atoms with Crippen LogP contribution in [0.3, 0.4) is 0 Å². The van der Waals surface area contributed by atoms with Crippen LogP contribution in [0.2, 0.25) is 0 Å². The van der Waals surface area contributed by atoms with E-state index in [1.807, 2.05) is 18.2 Å². The lowest BCUT2D eigenvalue weighted by molar-refractivity contribution is -0.384. The zero-order valence-corrected chi connectivity index (χ0v) is 47.0. The summed E-state index contributed by atoms with van der Waals surface area (Å²) in [5.74, 6) is 2.36. The van der Waals surface area contributed by atoms with E-state index < -0.39 is 14.9 Å². The van der Waals surface area contributed by atoms with E-state index in [2.05, 4.69) is 37.6 Å². The number of hydrogen-bond acceptors (Lipinski definition) is 7. The van der Waals surface area contributed by atoms with Gasteiger partial charge in [0.2, 0.25) is 0 Å². The van der Waals surface area contributed by atoms with E-state index in [0.29, 0.717) is 42.1 Å². The summed E-state index contributed by atoms with van der Waals surface area (Å²) in [5, 5.41) is 15.3. The molecule has 0 heterocycles.